The maximum atomic E-state index is 12.7. The average Bonchev–Trinajstić information content (AvgIpc) is 3.36. The highest BCUT2D eigenvalue weighted by Gasteiger charge is 2.38. The highest BCUT2D eigenvalue weighted by Crippen LogP contribution is 2.34. The van der Waals surface area contributed by atoms with Crippen molar-refractivity contribution in [3.05, 3.63) is 53.1 Å². The van der Waals surface area contributed by atoms with Crippen molar-refractivity contribution >= 4 is 34.1 Å². The molecule has 8 nitrogen and oxygen atoms in total. The Kier molecular flexibility index (Phi) is 12.7. The monoisotopic (exact) mass is 582 g/mol. The summed E-state index contributed by atoms with van der Waals surface area (Å²) in [6, 6.07) is 9.14. The Morgan fingerprint density at radius 3 is 2.10 bits per heavy atom. The van der Waals surface area contributed by atoms with Crippen LogP contribution < -0.4 is 10.6 Å². The van der Waals surface area contributed by atoms with Crippen LogP contribution in [0.3, 0.4) is 0 Å². The number of nitrogens with two attached hydrogens (primary N) is 1. The van der Waals surface area contributed by atoms with Gasteiger partial charge in [-0.2, -0.15) is 26.3 Å². The van der Waals surface area contributed by atoms with Crippen molar-refractivity contribution in [1.82, 2.24) is 10.2 Å². The zero-order valence-electron chi connectivity index (χ0n) is 21.2. The topological polar surface area (TPSA) is 126 Å². The number of carbonyl (C=O) groups excluding carboxylic acids is 2. The largest absolute Gasteiger partial charge is 0.490 e. The molecule has 0 bridgehead atoms. The van der Waals surface area contributed by atoms with E-state index in [-0.39, 0.29) is 40.5 Å². The van der Waals surface area contributed by atoms with E-state index in [1.165, 1.54) is 13.1 Å². The number of likely N-dealkylation sites (N-methyl/N-ethyl adjacent to an activating group) is 1. The molecule has 0 saturated heterocycles. The first-order valence-electron chi connectivity index (χ1n) is 11.4. The van der Waals surface area contributed by atoms with Crippen molar-refractivity contribution in [2.24, 2.45) is 17.6 Å². The summed E-state index contributed by atoms with van der Waals surface area (Å²) in [4.78, 5) is 34.9. The fraction of sp³-hybridized carbons (Fsp3) is 0.458. The first-order chi connectivity index (χ1) is 17.9. The second-order valence-corrected chi connectivity index (χ2v) is 9.63. The molecule has 1 aromatic heterocycles. The number of halogens is 6. The van der Waals surface area contributed by atoms with Gasteiger partial charge in [0.2, 0.25) is 10.1 Å². The maximum absolute atomic E-state index is 12.7. The number of nitrogens with zero attached hydrogens (tertiary/aromatic N) is 3. The van der Waals surface area contributed by atoms with Crippen molar-refractivity contribution in [2.75, 3.05) is 11.9 Å². The van der Waals surface area contributed by atoms with Crippen LogP contribution in [0.25, 0.3) is 0 Å². The van der Waals surface area contributed by atoms with E-state index in [0.29, 0.717) is 12.8 Å². The van der Waals surface area contributed by atoms with Crippen molar-refractivity contribution in [3.8, 4) is 0 Å². The van der Waals surface area contributed by atoms with Gasteiger partial charge in [-0.05, 0) is 36.3 Å². The van der Waals surface area contributed by atoms with E-state index in [9.17, 15) is 35.9 Å². The lowest BCUT2D eigenvalue weighted by atomic mass is 9.89. The minimum atomic E-state index is -5.08. The number of benzene rings is 1. The third-order valence-corrected chi connectivity index (χ3v) is 6.27. The first-order valence-corrected chi connectivity index (χ1v) is 12.2. The van der Waals surface area contributed by atoms with E-state index < -0.39 is 35.3 Å². The van der Waals surface area contributed by atoms with Crippen LogP contribution in [0, 0.1) is 11.8 Å². The quantitative estimate of drug-likeness (QED) is 0.301. The Morgan fingerprint density at radius 2 is 1.64 bits per heavy atom. The molecule has 0 unspecified atom stereocenters. The molecule has 1 aromatic carbocycles. The number of aromatic nitrogens is 2. The summed E-state index contributed by atoms with van der Waals surface area (Å²) < 4.78 is 69.9. The molecule has 0 spiro atoms. The molecule has 1 amide bonds. The summed E-state index contributed by atoms with van der Waals surface area (Å²) in [6.45, 7) is 3.74. The minimum Gasteiger partial charge on any atom is -0.475 e. The summed E-state index contributed by atoms with van der Waals surface area (Å²) in [5.41, 5.74) is 7.08. The Balaban J connectivity index is 0.000000956. The molecule has 3 N–H and O–H groups in total. The molecule has 0 aliphatic carbocycles. The number of anilines is 1. The number of carboxylic acids is 1. The molecule has 1 heterocycles. The average molecular weight is 583 g/mol. The van der Waals surface area contributed by atoms with E-state index in [1.54, 1.807) is 6.08 Å². The number of hydrogen-bond donors (Lipinski definition) is 2. The number of carboxylic acid groups (broad SMARTS) is 1. The second-order valence-electron chi connectivity index (χ2n) is 8.67. The van der Waals surface area contributed by atoms with E-state index in [1.807, 2.05) is 44.2 Å². The zero-order chi connectivity index (χ0) is 30.0. The van der Waals surface area contributed by atoms with E-state index >= 15 is 0 Å². The van der Waals surface area contributed by atoms with Crippen LogP contribution in [0.5, 0.6) is 0 Å². The predicted molar refractivity (Wildman–Crippen MR) is 132 cm³/mol. The van der Waals surface area contributed by atoms with Gasteiger partial charge in [0.25, 0.3) is 5.91 Å². The van der Waals surface area contributed by atoms with Gasteiger partial charge in [-0.1, -0.05) is 61.6 Å². The van der Waals surface area contributed by atoms with Gasteiger partial charge >= 0.3 is 18.3 Å². The van der Waals surface area contributed by atoms with Gasteiger partial charge in [-0.3, -0.25) is 14.5 Å². The van der Waals surface area contributed by atoms with Crippen LogP contribution >= 0.6 is 11.3 Å². The molecular formula is C24H28F6N4O4S. The van der Waals surface area contributed by atoms with Crippen molar-refractivity contribution < 1.29 is 45.8 Å². The lowest BCUT2D eigenvalue weighted by Gasteiger charge is -2.18. The van der Waals surface area contributed by atoms with Gasteiger partial charge in [0, 0.05) is 13.5 Å². The number of aliphatic carboxylic acids is 1. The standard InChI is InChI=1S/C22H27F3N4O2S.C2HF3O2/c1-14(2)19(26)17(30)13-16(10-9-15-7-5-4-6-8-15)11-12-18(31)29(3)21-28-27-20(32-21)22(23,24)25;3-2(4,5)1(6)7/h4-8,11-12,14,16,19H,9-10,13,26H2,1-3H3;(H,6,7)/b12-11+;/t16-,19-;/m0./s1. The van der Waals surface area contributed by atoms with Crippen LogP contribution in [-0.2, 0) is 27.0 Å². The maximum Gasteiger partial charge on any atom is 0.490 e. The second kappa shape index (κ2) is 14.7. The lowest BCUT2D eigenvalue weighted by Crippen LogP contribution is -2.36. The number of hydrogen-bond acceptors (Lipinski definition) is 7. The molecule has 0 saturated carbocycles. The normalized spacial score (nSPS) is 13.5. The third-order valence-electron chi connectivity index (χ3n) is 5.23. The molecule has 216 valence electrons. The number of alkyl halides is 6. The number of carbonyl (C=O) groups is 3. The Hall–Kier alpha value is -3.33. The number of amides is 1. The summed E-state index contributed by atoms with van der Waals surface area (Å²) in [5.74, 6) is -3.66. The number of ketones is 1. The number of Topliss-reactive ketones (excluding diaryl/α,β-unsaturated/α-hetero) is 1. The van der Waals surface area contributed by atoms with Crippen molar-refractivity contribution in [2.45, 2.75) is 51.5 Å². The first kappa shape index (κ1) is 33.7. The molecular weight excluding hydrogens is 554 g/mol. The van der Waals surface area contributed by atoms with Gasteiger partial charge in [0.1, 0.15) is 5.78 Å². The fourth-order valence-corrected chi connectivity index (χ4v) is 3.60. The number of aryl methyl sites for hydroxylation is 1. The van der Waals surface area contributed by atoms with Crippen LogP contribution in [0.1, 0.15) is 37.3 Å². The number of rotatable bonds is 10. The third kappa shape index (κ3) is 11.9. The molecule has 0 fully saturated rings. The molecule has 0 aliphatic heterocycles. The predicted octanol–water partition coefficient (Wildman–Crippen LogP) is 4.90. The van der Waals surface area contributed by atoms with E-state index in [4.69, 9.17) is 15.6 Å². The summed E-state index contributed by atoms with van der Waals surface area (Å²) >= 11 is 0.289. The van der Waals surface area contributed by atoms with Crippen molar-refractivity contribution in [1.29, 1.82) is 0 Å². The summed E-state index contributed by atoms with van der Waals surface area (Å²) in [6.07, 6.45) is -5.32. The van der Waals surface area contributed by atoms with Gasteiger partial charge in [-0.15, -0.1) is 10.2 Å². The molecule has 39 heavy (non-hydrogen) atoms. The molecule has 15 heteroatoms. The summed E-state index contributed by atoms with van der Waals surface area (Å²) in [7, 11) is 1.33. The molecule has 2 aromatic rings. The van der Waals surface area contributed by atoms with Crippen LogP contribution in [0.15, 0.2) is 42.5 Å². The van der Waals surface area contributed by atoms with Gasteiger partial charge in [0.15, 0.2) is 0 Å². The SMILES string of the molecule is CC(C)[C@H](N)C(=O)C[C@H](/C=C/C(=O)N(C)c1nnc(C(F)(F)F)s1)CCc1ccccc1.O=C(O)C(F)(F)F. The highest BCUT2D eigenvalue weighted by atomic mass is 32.1. The molecule has 0 aliphatic rings. The Labute approximate surface area is 224 Å². The van der Waals surface area contributed by atoms with Crippen LogP contribution in [0.2, 0.25) is 0 Å². The van der Waals surface area contributed by atoms with E-state index in [2.05, 4.69) is 10.2 Å². The molecule has 2 atom stereocenters. The summed E-state index contributed by atoms with van der Waals surface area (Å²) in [5, 5.41) is 12.4. The van der Waals surface area contributed by atoms with Gasteiger partial charge in [0.05, 0.1) is 6.04 Å². The van der Waals surface area contributed by atoms with E-state index in [0.717, 1.165) is 10.5 Å². The van der Waals surface area contributed by atoms with Crippen molar-refractivity contribution in [3.63, 3.8) is 0 Å². The molecule has 2 rings (SSSR count). The Bertz CT molecular complexity index is 1120. The fourth-order valence-electron chi connectivity index (χ4n) is 2.92. The highest BCUT2D eigenvalue weighted by molar-refractivity contribution is 7.15. The lowest BCUT2D eigenvalue weighted by molar-refractivity contribution is -0.192. The Morgan fingerprint density at radius 1 is 1.08 bits per heavy atom. The molecule has 0 radical (unpaired) electrons. The van der Waals surface area contributed by atoms with Gasteiger partial charge in [-0.25, -0.2) is 4.79 Å². The smallest absolute Gasteiger partial charge is 0.475 e. The number of allylic oxidation sites excluding steroid dienone is 1. The van der Waals surface area contributed by atoms with Gasteiger partial charge < -0.3 is 10.8 Å². The van der Waals surface area contributed by atoms with Crippen LogP contribution in [0.4, 0.5) is 31.5 Å². The minimum absolute atomic E-state index is 0.00532. The zero-order valence-corrected chi connectivity index (χ0v) is 22.0. The van der Waals surface area contributed by atoms with Crippen LogP contribution in [-0.4, -0.2) is 52.2 Å².